The van der Waals surface area contributed by atoms with Crippen LogP contribution >= 0.6 is 0 Å². The first kappa shape index (κ1) is 14.6. The lowest BCUT2D eigenvalue weighted by molar-refractivity contribution is -0.0654. The molecule has 6 atom stereocenters. The number of hydroxylamine groups is 1. The third-order valence-corrected chi connectivity index (χ3v) is 8.50. The van der Waals surface area contributed by atoms with Crippen molar-refractivity contribution in [2.24, 2.45) is 34.5 Å². The van der Waals surface area contributed by atoms with Crippen LogP contribution in [0.3, 0.4) is 0 Å². The number of rotatable bonds is 2. The van der Waals surface area contributed by atoms with Gasteiger partial charge in [-0.05, 0) is 80.5 Å². The molecule has 0 aromatic carbocycles. The minimum Gasteiger partial charge on any atom is -0.280 e. The van der Waals surface area contributed by atoms with Crippen molar-refractivity contribution in [3.63, 3.8) is 0 Å². The summed E-state index contributed by atoms with van der Waals surface area (Å²) in [5.74, 6) is 3.61. The fourth-order valence-electron chi connectivity index (χ4n) is 7.75. The summed E-state index contributed by atoms with van der Waals surface area (Å²) in [6.45, 7) is 5.15. The predicted octanol–water partition coefficient (Wildman–Crippen LogP) is 4.98. The zero-order chi connectivity index (χ0) is 15.8. The number of nitrogens with one attached hydrogen (secondary N) is 1. The van der Waals surface area contributed by atoms with Crippen LogP contribution in [0, 0.1) is 34.5 Å². The molecule has 0 aromatic rings. The van der Waals surface area contributed by atoms with Gasteiger partial charge in [0.25, 0.3) is 0 Å². The summed E-state index contributed by atoms with van der Waals surface area (Å²) in [5.41, 5.74) is 9.31. The molecule has 23 heavy (non-hydrogen) atoms. The van der Waals surface area contributed by atoms with E-state index in [1.165, 1.54) is 57.1 Å². The van der Waals surface area contributed by atoms with Crippen molar-refractivity contribution in [3.8, 4) is 0 Å². The van der Waals surface area contributed by atoms with E-state index in [1.807, 2.05) is 11.1 Å². The number of fused-ring (bicyclic) bond motifs is 7. The van der Waals surface area contributed by atoms with Crippen LogP contribution in [0.5, 0.6) is 0 Å². The fourth-order valence-corrected chi connectivity index (χ4v) is 7.75. The number of allylic oxidation sites excluding steroid dienone is 4. The van der Waals surface area contributed by atoms with Gasteiger partial charge in [0, 0.05) is 11.1 Å². The summed E-state index contributed by atoms with van der Waals surface area (Å²) < 4.78 is 0. The van der Waals surface area contributed by atoms with Gasteiger partial charge in [-0.15, -0.1) is 0 Å². The van der Waals surface area contributed by atoms with E-state index in [2.05, 4.69) is 25.4 Å². The van der Waals surface area contributed by atoms with Crippen LogP contribution in [-0.2, 0) is 4.84 Å². The first-order valence-electron chi connectivity index (χ1n) is 9.75. The average molecular weight is 313 g/mol. The van der Waals surface area contributed by atoms with Crippen molar-refractivity contribution >= 4 is 0 Å². The highest BCUT2D eigenvalue weighted by Crippen LogP contribution is 2.69. The van der Waals surface area contributed by atoms with E-state index >= 15 is 0 Å². The first-order valence-corrected chi connectivity index (χ1v) is 9.75. The summed E-state index contributed by atoms with van der Waals surface area (Å²) in [6.07, 6.45) is 13.7. The maximum atomic E-state index is 5.30. The second kappa shape index (κ2) is 4.65. The van der Waals surface area contributed by atoms with E-state index < -0.39 is 0 Å². The molecule has 0 aromatic heterocycles. The molecular weight excluding hydrogens is 282 g/mol. The number of hydrogen-bond donors (Lipinski definition) is 1. The van der Waals surface area contributed by atoms with Crippen molar-refractivity contribution in [1.29, 1.82) is 0 Å². The van der Waals surface area contributed by atoms with Crippen molar-refractivity contribution in [2.45, 2.75) is 65.2 Å². The zero-order valence-electron chi connectivity index (χ0n) is 15.0. The lowest BCUT2D eigenvalue weighted by Gasteiger charge is -2.62. The molecule has 2 fully saturated rings. The molecule has 2 saturated carbocycles. The van der Waals surface area contributed by atoms with E-state index in [9.17, 15) is 0 Å². The quantitative estimate of drug-likeness (QED) is 0.573. The molecule has 2 unspecified atom stereocenters. The molecule has 5 aliphatic carbocycles. The topological polar surface area (TPSA) is 21.3 Å². The third kappa shape index (κ3) is 1.79. The van der Waals surface area contributed by atoms with E-state index in [-0.39, 0.29) is 0 Å². The van der Waals surface area contributed by atoms with Gasteiger partial charge in [-0.1, -0.05) is 31.1 Å². The molecule has 3 bridgehead atoms. The highest BCUT2D eigenvalue weighted by molar-refractivity contribution is 5.34. The maximum absolute atomic E-state index is 5.30. The minimum atomic E-state index is 0.314. The predicted molar refractivity (Wildman–Crippen MR) is 92.4 cm³/mol. The Bertz CT molecular complexity index is 605. The molecule has 5 rings (SSSR count). The first-order chi connectivity index (χ1) is 11.0. The largest absolute Gasteiger partial charge is 0.280 e. The lowest BCUT2D eigenvalue weighted by Crippen LogP contribution is -2.54. The second-order valence-electron chi connectivity index (χ2n) is 9.63. The molecule has 0 heterocycles. The Morgan fingerprint density at radius 2 is 2.13 bits per heavy atom. The molecule has 2 heteroatoms. The summed E-state index contributed by atoms with van der Waals surface area (Å²) in [4.78, 5) is 5.30. The Balaban J connectivity index is 1.57. The van der Waals surface area contributed by atoms with E-state index in [4.69, 9.17) is 4.84 Å². The maximum Gasteiger partial charge on any atom is 0.0636 e. The van der Waals surface area contributed by atoms with Gasteiger partial charge >= 0.3 is 0 Å². The van der Waals surface area contributed by atoms with Crippen LogP contribution in [0.25, 0.3) is 0 Å². The molecule has 0 radical (unpaired) electrons. The SMILES string of the molecule is CONC1=CC[C@H]2[C@H]3[C@H](CC[C@]12C)C1=C2CC(CC1)CC3(C)C2. The highest BCUT2D eigenvalue weighted by atomic mass is 16.6. The Labute approximate surface area is 140 Å². The zero-order valence-corrected chi connectivity index (χ0v) is 15.0. The van der Waals surface area contributed by atoms with Gasteiger partial charge in [-0.3, -0.25) is 10.3 Å². The van der Waals surface area contributed by atoms with Crippen molar-refractivity contribution in [1.82, 2.24) is 5.48 Å². The number of hydrogen-bond acceptors (Lipinski definition) is 2. The van der Waals surface area contributed by atoms with E-state index in [1.54, 1.807) is 7.11 Å². The van der Waals surface area contributed by atoms with E-state index in [0.717, 1.165) is 23.7 Å². The molecule has 2 nitrogen and oxygen atoms in total. The summed E-state index contributed by atoms with van der Waals surface area (Å²) in [7, 11) is 1.75. The van der Waals surface area contributed by atoms with Crippen LogP contribution in [0.1, 0.15) is 65.2 Å². The van der Waals surface area contributed by atoms with Gasteiger partial charge in [-0.2, -0.15) is 0 Å². The van der Waals surface area contributed by atoms with Crippen LogP contribution in [-0.4, -0.2) is 7.11 Å². The van der Waals surface area contributed by atoms with Gasteiger partial charge in [0.2, 0.25) is 0 Å². The Kier molecular flexibility index (Phi) is 2.95. The molecule has 0 aliphatic heterocycles. The average Bonchev–Trinajstić information content (AvgIpc) is 2.83. The van der Waals surface area contributed by atoms with Gasteiger partial charge in [0.1, 0.15) is 0 Å². The molecular formula is C21H31NO. The highest BCUT2D eigenvalue weighted by Gasteiger charge is 2.60. The van der Waals surface area contributed by atoms with Gasteiger partial charge in [0.05, 0.1) is 7.11 Å². The van der Waals surface area contributed by atoms with Crippen molar-refractivity contribution in [2.75, 3.05) is 7.11 Å². The monoisotopic (exact) mass is 313 g/mol. The molecule has 0 spiro atoms. The van der Waals surface area contributed by atoms with Crippen LogP contribution in [0.2, 0.25) is 0 Å². The van der Waals surface area contributed by atoms with Crippen LogP contribution in [0.15, 0.2) is 22.9 Å². The van der Waals surface area contributed by atoms with Crippen molar-refractivity contribution < 1.29 is 4.84 Å². The van der Waals surface area contributed by atoms with E-state index in [0.29, 0.717) is 10.8 Å². The summed E-state index contributed by atoms with van der Waals surface area (Å²) in [5, 5.41) is 0. The fraction of sp³-hybridized carbons (Fsp3) is 0.810. The van der Waals surface area contributed by atoms with Gasteiger partial charge in [0.15, 0.2) is 0 Å². The smallest absolute Gasteiger partial charge is 0.0636 e. The Morgan fingerprint density at radius 3 is 2.96 bits per heavy atom. The summed E-state index contributed by atoms with van der Waals surface area (Å²) >= 11 is 0. The summed E-state index contributed by atoms with van der Waals surface area (Å²) in [6, 6.07) is 0. The third-order valence-electron chi connectivity index (χ3n) is 8.50. The molecule has 1 N–H and O–H groups in total. The molecule has 0 amide bonds. The molecule has 126 valence electrons. The van der Waals surface area contributed by atoms with Crippen LogP contribution in [0.4, 0.5) is 0 Å². The standard InChI is InChI=1S/C21H31NO/c1-20-11-13-4-5-15(14(10-13)12-20)16-8-9-21(2)17(19(16)20)6-7-18(21)22-23-3/h7,13,16-17,19,22H,4-6,8-12H2,1-3H3/t13?,16-,17+,19-,20?,21+/m1/s1. The Hall–Kier alpha value is -0.760. The lowest BCUT2D eigenvalue weighted by atomic mass is 9.43. The molecule has 5 aliphatic rings. The Morgan fingerprint density at radius 1 is 1.26 bits per heavy atom. The van der Waals surface area contributed by atoms with Gasteiger partial charge < -0.3 is 0 Å². The second-order valence-corrected chi connectivity index (χ2v) is 9.63. The molecule has 0 saturated heterocycles. The normalized spacial score (nSPS) is 50.5. The minimum absolute atomic E-state index is 0.314. The van der Waals surface area contributed by atoms with Gasteiger partial charge in [-0.25, -0.2) is 0 Å². The van der Waals surface area contributed by atoms with Crippen LogP contribution < -0.4 is 5.48 Å². The van der Waals surface area contributed by atoms with Crippen molar-refractivity contribution in [3.05, 3.63) is 22.9 Å².